The van der Waals surface area contributed by atoms with Gasteiger partial charge in [-0.1, -0.05) is 13.3 Å². The summed E-state index contributed by atoms with van der Waals surface area (Å²) in [5.41, 5.74) is 0. The van der Waals surface area contributed by atoms with E-state index in [9.17, 15) is 9.59 Å². The number of piperazine rings is 1. The van der Waals surface area contributed by atoms with Crippen molar-refractivity contribution in [1.82, 2.24) is 15.1 Å². The number of ketones is 1. The lowest BCUT2D eigenvalue weighted by atomic mass is 9.78. The van der Waals surface area contributed by atoms with Crippen LogP contribution in [0, 0.1) is 17.8 Å². The van der Waals surface area contributed by atoms with E-state index in [-0.39, 0.29) is 11.8 Å². The van der Waals surface area contributed by atoms with E-state index in [2.05, 4.69) is 15.1 Å². The Kier molecular flexibility index (Phi) is 7.50. The van der Waals surface area contributed by atoms with Crippen molar-refractivity contribution in [3.63, 3.8) is 0 Å². The van der Waals surface area contributed by atoms with Crippen molar-refractivity contribution in [2.24, 2.45) is 17.8 Å². The summed E-state index contributed by atoms with van der Waals surface area (Å²) in [5.74, 6) is 1.70. The van der Waals surface area contributed by atoms with Crippen LogP contribution in [0.2, 0.25) is 0 Å². The summed E-state index contributed by atoms with van der Waals surface area (Å²) in [6, 6.07) is 0. The summed E-state index contributed by atoms with van der Waals surface area (Å²) < 4.78 is 0. The minimum Gasteiger partial charge on any atom is -0.342 e. The van der Waals surface area contributed by atoms with E-state index in [1.54, 1.807) is 0 Å². The number of rotatable bonds is 6. The molecule has 26 heavy (non-hydrogen) atoms. The average Bonchev–Trinajstić information content (AvgIpc) is 2.72. The largest absolute Gasteiger partial charge is 0.342 e. The van der Waals surface area contributed by atoms with Gasteiger partial charge in [-0.2, -0.15) is 0 Å². The van der Waals surface area contributed by atoms with Crippen molar-refractivity contribution in [2.45, 2.75) is 58.3 Å². The Hall–Kier alpha value is -0.940. The number of piperidine rings is 1. The van der Waals surface area contributed by atoms with Gasteiger partial charge in [-0.05, 0) is 51.0 Å². The minimum atomic E-state index is 0.0987. The molecule has 3 rings (SSSR count). The Bertz CT molecular complexity index is 468. The molecule has 5 nitrogen and oxygen atoms in total. The molecule has 3 aliphatic rings. The van der Waals surface area contributed by atoms with Gasteiger partial charge in [0.1, 0.15) is 5.78 Å². The molecule has 5 heteroatoms. The Morgan fingerprint density at radius 1 is 0.962 bits per heavy atom. The molecule has 3 fully saturated rings. The SMILES string of the molecule is CCC(=O)C1CCCC(C(=O)N2CCC(CCN3CCNCC3)CC2)C1. The van der Waals surface area contributed by atoms with E-state index in [1.807, 2.05) is 6.92 Å². The van der Waals surface area contributed by atoms with Gasteiger partial charge in [0, 0.05) is 57.5 Å². The van der Waals surface area contributed by atoms with Crippen molar-refractivity contribution in [2.75, 3.05) is 45.8 Å². The lowest BCUT2D eigenvalue weighted by Gasteiger charge is -2.37. The standard InChI is InChI=1S/C21H37N3O2/c1-2-20(25)18-4-3-5-19(16-18)21(26)24-12-7-17(8-13-24)6-11-23-14-9-22-10-15-23/h17-19,22H,2-16H2,1H3. The van der Waals surface area contributed by atoms with Crippen LogP contribution in [0.4, 0.5) is 0 Å². The Labute approximate surface area is 158 Å². The summed E-state index contributed by atoms with van der Waals surface area (Å²) in [6.45, 7) is 9.60. The molecule has 2 aliphatic heterocycles. The quantitative estimate of drug-likeness (QED) is 0.787. The van der Waals surface area contributed by atoms with Crippen LogP contribution in [0.3, 0.4) is 0 Å². The molecule has 148 valence electrons. The van der Waals surface area contributed by atoms with Crippen molar-refractivity contribution in [1.29, 1.82) is 0 Å². The van der Waals surface area contributed by atoms with Crippen molar-refractivity contribution in [3.8, 4) is 0 Å². The first-order chi connectivity index (χ1) is 12.7. The second-order valence-corrected chi connectivity index (χ2v) is 8.53. The number of carbonyl (C=O) groups is 2. The molecule has 1 amide bonds. The van der Waals surface area contributed by atoms with Crippen LogP contribution < -0.4 is 5.32 Å². The van der Waals surface area contributed by atoms with Gasteiger partial charge in [0.25, 0.3) is 0 Å². The van der Waals surface area contributed by atoms with E-state index in [0.717, 1.165) is 70.6 Å². The van der Waals surface area contributed by atoms with Gasteiger partial charge >= 0.3 is 0 Å². The number of amides is 1. The average molecular weight is 364 g/mol. The number of nitrogens with zero attached hydrogens (tertiary/aromatic N) is 2. The predicted octanol–water partition coefficient (Wildman–Crippen LogP) is 2.31. The maximum atomic E-state index is 12.9. The zero-order valence-corrected chi connectivity index (χ0v) is 16.5. The summed E-state index contributed by atoms with van der Waals surface area (Å²) in [4.78, 5) is 29.6. The molecular weight excluding hydrogens is 326 g/mol. The van der Waals surface area contributed by atoms with Gasteiger partial charge in [0.2, 0.25) is 5.91 Å². The molecule has 2 atom stereocenters. The summed E-state index contributed by atoms with van der Waals surface area (Å²) in [6.07, 6.45) is 8.01. The Morgan fingerprint density at radius 3 is 2.35 bits per heavy atom. The molecule has 1 saturated carbocycles. The van der Waals surface area contributed by atoms with Gasteiger partial charge in [0.15, 0.2) is 0 Å². The molecule has 2 saturated heterocycles. The fourth-order valence-corrected chi connectivity index (χ4v) is 5.00. The minimum absolute atomic E-state index is 0.0987. The summed E-state index contributed by atoms with van der Waals surface area (Å²) in [5, 5.41) is 3.41. The molecular formula is C21H37N3O2. The summed E-state index contributed by atoms with van der Waals surface area (Å²) >= 11 is 0. The van der Waals surface area contributed by atoms with Crippen LogP contribution in [-0.2, 0) is 9.59 Å². The number of likely N-dealkylation sites (tertiary alicyclic amines) is 1. The molecule has 0 radical (unpaired) electrons. The monoisotopic (exact) mass is 363 g/mol. The number of hydrogen-bond donors (Lipinski definition) is 1. The lowest BCUT2D eigenvalue weighted by Crippen LogP contribution is -2.45. The van der Waals surface area contributed by atoms with Gasteiger partial charge < -0.3 is 15.1 Å². The zero-order valence-electron chi connectivity index (χ0n) is 16.5. The van der Waals surface area contributed by atoms with Crippen LogP contribution in [-0.4, -0.2) is 67.3 Å². The molecule has 2 heterocycles. The maximum Gasteiger partial charge on any atom is 0.225 e. The number of hydrogen-bond acceptors (Lipinski definition) is 4. The third-order valence-corrected chi connectivity index (χ3v) is 6.82. The van der Waals surface area contributed by atoms with E-state index >= 15 is 0 Å². The maximum absolute atomic E-state index is 12.9. The van der Waals surface area contributed by atoms with Crippen LogP contribution in [0.15, 0.2) is 0 Å². The molecule has 0 bridgehead atoms. The van der Waals surface area contributed by atoms with Crippen molar-refractivity contribution in [3.05, 3.63) is 0 Å². The van der Waals surface area contributed by atoms with E-state index in [0.29, 0.717) is 18.1 Å². The molecule has 0 aromatic heterocycles. The normalized spacial score (nSPS) is 28.9. The highest BCUT2D eigenvalue weighted by atomic mass is 16.2. The van der Waals surface area contributed by atoms with Crippen LogP contribution in [0.5, 0.6) is 0 Å². The van der Waals surface area contributed by atoms with Gasteiger partial charge in [0.05, 0.1) is 0 Å². The number of carbonyl (C=O) groups excluding carboxylic acids is 2. The topological polar surface area (TPSA) is 52.7 Å². The molecule has 0 aromatic carbocycles. The first-order valence-corrected chi connectivity index (χ1v) is 10.9. The molecule has 2 unspecified atom stereocenters. The van der Waals surface area contributed by atoms with E-state index in [4.69, 9.17) is 0 Å². The first kappa shape index (κ1) is 19.8. The van der Waals surface area contributed by atoms with Gasteiger partial charge in [-0.25, -0.2) is 0 Å². The predicted molar refractivity (Wildman–Crippen MR) is 104 cm³/mol. The van der Waals surface area contributed by atoms with Crippen LogP contribution >= 0.6 is 0 Å². The summed E-state index contributed by atoms with van der Waals surface area (Å²) in [7, 11) is 0. The Balaban J connectivity index is 1.39. The van der Waals surface area contributed by atoms with Crippen LogP contribution in [0.25, 0.3) is 0 Å². The van der Waals surface area contributed by atoms with E-state index < -0.39 is 0 Å². The highest BCUT2D eigenvalue weighted by Crippen LogP contribution is 2.32. The highest BCUT2D eigenvalue weighted by Gasteiger charge is 2.34. The molecule has 1 aliphatic carbocycles. The number of Topliss-reactive ketones (excluding diaryl/α,β-unsaturated/α-hetero) is 1. The second kappa shape index (κ2) is 9.84. The molecule has 0 spiro atoms. The van der Waals surface area contributed by atoms with Crippen molar-refractivity contribution >= 4 is 11.7 Å². The smallest absolute Gasteiger partial charge is 0.225 e. The molecule has 0 aromatic rings. The van der Waals surface area contributed by atoms with Crippen LogP contribution in [0.1, 0.15) is 58.3 Å². The van der Waals surface area contributed by atoms with Crippen molar-refractivity contribution < 1.29 is 9.59 Å². The second-order valence-electron chi connectivity index (χ2n) is 8.53. The highest BCUT2D eigenvalue weighted by molar-refractivity contribution is 5.83. The first-order valence-electron chi connectivity index (χ1n) is 10.9. The lowest BCUT2D eigenvalue weighted by molar-refractivity contribution is -0.139. The fraction of sp³-hybridized carbons (Fsp3) is 0.905. The van der Waals surface area contributed by atoms with Gasteiger partial charge in [-0.3, -0.25) is 9.59 Å². The van der Waals surface area contributed by atoms with E-state index in [1.165, 1.54) is 26.1 Å². The zero-order chi connectivity index (χ0) is 18.4. The third-order valence-electron chi connectivity index (χ3n) is 6.82. The fourth-order valence-electron chi connectivity index (χ4n) is 5.00. The van der Waals surface area contributed by atoms with Gasteiger partial charge in [-0.15, -0.1) is 0 Å². The third kappa shape index (κ3) is 5.29. The number of nitrogens with one attached hydrogen (secondary N) is 1. The Morgan fingerprint density at radius 2 is 1.65 bits per heavy atom. The molecule has 1 N–H and O–H groups in total.